The van der Waals surface area contributed by atoms with E-state index >= 15 is 0 Å². The topological polar surface area (TPSA) is 12.0 Å². The van der Waals surface area contributed by atoms with E-state index in [0.717, 1.165) is 12.5 Å². The SMILES string of the molecule is CC12CC3CC(C)(C1)CC(NC/C=C/CCl)(C3)C2. The van der Waals surface area contributed by atoms with Gasteiger partial charge in [-0.1, -0.05) is 26.0 Å². The van der Waals surface area contributed by atoms with Gasteiger partial charge < -0.3 is 5.32 Å². The Kier molecular flexibility index (Phi) is 3.06. The molecular formula is C16H26ClN. The molecular weight excluding hydrogens is 242 g/mol. The van der Waals surface area contributed by atoms with E-state index in [1.165, 1.54) is 38.5 Å². The van der Waals surface area contributed by atoms with Crippen LogP contribution >= 0.6 is 11.6 Å². The van der Waals surface area contributed by atoms with Crippen LogP contribution in [-0.4, -0.2) is 18.0 Å². The molecule has 0 aliphatic heterocycles. The second kappa shape index (κ2) is 4.24. The van der Waals surface area contributed by atoms with Gasteiger partial charge in [0.15, 0.2) is 0 Å². The predicted molar refractivity (Wildman–Crippen MR) is 78.0 cm³/mol. The van der Waals surface area contributed by atoms with Gasteiger partial charge in [0.05, 0.1) is 0 Å². The molecule has 4 bridgehead atoms. The molecule has 0 saturated heterocycles. The molecule has 4 aliphatic carbocycles. The smallest absolute Gasteiger partial charge is 0.0404 e. The van der Waals surface area contributed by atoms with Crippen LogP contribution in [0.4, 0.5) is 0 Å². The number of halogens is 1. The standard InChI is InChI=1S/C16H26ClN/c1-14-7-13-8-15(2,10-14)12-16(9-13,11-14)18-6-4-3-5-17/h3-4,13,18H,5-12H2,1-2H3/b4-3+. The molecule has 4 saturated carbocycles. The second-order valence-corrected chi connectivity index (χ2v) is 8.23. The number of hydrogen-bond acceptors (Lipinski definition) is 1. The molecule has 1 nitrogen and oxygen atoms in total. The van der Waals surface area contributed by atoms with Crippen LogP contribution in [0.2, 0.25) is 0 Å². The largest absolute Gasteiger partial charge is 0.308 e. The molecule has 0 heterocycles. The van der Waals surface area contributed by atoms with Crippen LogP contribution in [-0.2, 0) is 0 Å². The van der Waals surface area contributed by atoms with Crippen LogP contribution in [0.5, 0.6) is 0 Å². The molecule has 2 heteroatoms. The van der Waals surface area contributed by atoms with Gasteiger partial charge in [-0.25, -0.2) is 0 Å². The van der Waals surface area contributed by atoms with Crippen LogP contribution in [0, 0.1) is 16.7 Å². The van der Waals surface area contributed by atoms with E-state index in [0.29, 0.717) is 22.2 Å². The zero-order valence-electron chi connectivity index (χ0n) is 11.8. The van der Waals surface area contributed by atoms with Gasteiger partial charge in [-0.05, 0) is 55.3 Å². The van der Waals surface area contributed by atoms with Crippen molar-refractivity contribution >= 4 is 11.6 Å². The van der Waals surface area contributed by atoms with Crippen LogP contribution in [0.1, 0.15) is 52.4 Å². The summed E-state index contributed by atoms with van der Waals surface area (Å²) in [5.74, 6) is 1.60. The van der Waals surface area contributed by atoms with E-state index in [1.807, 2.05) is 0 Å². The molecule has 0 spiro atoms. The highest BCUT2D eigenvalue weighted by Gasteiger charge is 2.59. The van der Waals surface area contributed by atoms with Crippen molar-refractivity contribution in [1.82, 2.24) is 5.32 Å². The fourth-order valence-corrected chi connectivity index (χ4v) is 6.19. The molecule has 0 aromatic heterocycles. The maximum Gasteiger partial charge on any atom is 0.0404 e. The Morgan fingerprint density at radius 1 is 1.06 bits per heavy atom. The van der Waals surface area contributed by atoms with E-state index in [-0.39, 0.29) is 0 Å². The van der Waals surface area contributed by atoms with Crippen molar-refractivity contribution in [1.29, 1.82) is 0 Å². The predicted octanol–water partition coefficient (Wildman–Crippen LogP) is 4.12. The second-order valence-electron chi connectivity index (χ2n) is 7.92. The van der Waals surface area contributed by atoms with Crippen molar-refractivity contribution in [3.05, 3.63) is 12.2 Å². The van der Waals surface area contributed by atoms with Gasteiger partial charge in [0.1, 0.15) is 0 Å². The van der Waals surface area contributed by atoms with Crippen molar-refractivity contribution < 1.29 is 0 Å². The van der Waals surface area contributed by atoms with E-state index in [4.69, 9.17) is 11.6 Å². The molecule has 2 unspecified atom stereocenters. The number of allylic oxidation sites excluding steroid dienone is 1. The molecule has 0 radical (unpaired) electrons. The molecule has 0 aromatic rings. The summed E-state index contributed by atoms with van der Waals surface area (Å²) < 4.78 is 0. The van der Waals surface area contributed by atoms with E-state index < -0.39 is 0 Å². The third-order valence-corrected chi connectivity index (χ3v) is 5.66. The summed E-state index contributed by atoms with van der Waals surface area (Å²) in [6, 6.07) is 0. The highest BCUT2D eigenvalue weighted by Crippen LogP contribution is 2.66. The van der Waals surface area contributed by atoms with Crippen molar-refractivity contribution in [3.8, 4) is 0 Å². The van der Waals surface area contributed by atoms with Crippen molar-refractivity contribution in [3.63, 3.8) is 0 Å². The van der Waals surface area contributed by atoms with Gasteiger partial charge in [-0.3, -0.25) is 0 Å². The van der Waals surface area contributed by atoms with Crippen LogP contribution in [0.3, 0.4) is 0 Å². The third kappa shape index (κ3) is 2.25. The zero-order valence-corrected chi connectivity index (χ0v) is 12.5. The Labute approximate surface area is 116 Å². The first-order valence-electron chi connectivity index (χ1n) is 7.43. The summed E-state index contributed by atoms with van der Waals surface area (Å²) in [7, 11) is 0. The van der Waals surface area contributed by atoms with E-state index in [9.17, 15) is 0 Å². The summed E-state index contributed by atoms with van der Waals surface area (Å²) in [5.41, 5.74) is 1.65. The summed E-state index contributed by atoms with van der Waals surface area (Å²) in [5, 5.41) is 3.87. The average molecular weight is 268 g/mol. The van der Waals surface area contributed by atoms with Crippen molar-refractivity contribution in [2.45, 2.75) is 57.9 Å². The fourth-order valence-electron chi connectivity index (χ4n) is 6.07. The summed E-state index contributed by atoms with van der Waals surface area (Å²) in [6.07, 6.45) is 12.8. The molecule has 4 rings (SSSR count). The van der Waals surface area contributed by atoms with Gasteiger partial charge in [0.25, 0.3) is 0 Å². The Balaban J connectivity index is 1.74. The number of hydrogen-bond donors (Lipinski definition) is 1. The lowest BCUT2D eigenvalue weighted by atomic mass is 9.43. The van der Waals surface area contributed by atoms with Gasteiger partial charge >= 0.3 is 0 Å². The first kappa shape index (κ1) is 13.0. The average Bonchev–Trinajstić information content (AvgIpc) is 2.19. The van der Waals surface area contributed by atoms with Crippen LogP contribution < -0.4 is 5.32 Å². The minimum atomic E-state index is 0.430. The third-order valence-electron chi connectivity index (χ3n) is 5.48. The maximum absolute atomic E-state index is 5.69. The Morgan fingerprint density at radius 3 is 2.28 bits per heavy atom. The highest BCUT2D eigenvalue weighted by atomic mass is 35.5. The quantitative estimate of drug-likeness (QED) is 0.597. The molecule has 0 amide bonds. The molecule has 0 aromatic carbocycles. The summed E-state index contributed by atoms with van der Waals surface area (Å²) in [4.78, 5) is 0. The van der Waals surface area contributed by atoms with Crippen molar-refractivity contribution in [2.24, 2.45) is 16.7 Å². The first-order chi connectivity index (χ1) is 8.47. The lowest BCUT2D eigenvalue weighted by molar-refractivity contribution is -0.116. The van der Waals surface area contributed by atoms with Gasteiger partial charge in [-0.15, -0.1) is 11.6 Å². The minimum Gasteiger partial charge on any atom is -0.308 e. The molecule has 2 atom stereocenters. The molecule has 4 fully saturated rings. The number of alkyl halides is 1. The van der Waals surface area contributed by atoms with Crippen molar-refractivity contribution in [2.75, 3.05) is 12.4 Å². The minimum absolute atomic E-state index is 0.430. The van der Waals surface area contributed by atoms with E-state index in [2.05, 4.69) is 31.3 Å². The van der Waals surface area contributed by atoms with E-state index in [1.54, 1.807) is 0 Å². The lowest BCUT2D eigenvalue weighted by Crippen LogP contribution is -2.64. The van der Waals surface area contributed by atoms with Gasteiger partial charge in [0.2, 0.25) is 0 Å². The maximum atomic E-state index is 5.69. The number of nitrogens with one attached hydrogen (secondary N) is 1. The normalized spacial score (nSPS) is 50.3. The van der Waals surface area contributed by atoms with Crippen LogP contribution in [0.15, 0.2) is 12.2 Å². The Bertz CT molecular complexity index is 344. The summed E-state index contributed by atoms with van der Waals surface area (Å²) in [6.45, 7) is 6.05. The molecule has 1 N–H and O–H groups in total. The van der Waals surface area contributed by atoms with Gasteiger partial charge in [-0.2, -0.15) is 0 Å². The molecule has 102 valence electrons. The number of rotatable bonds is 4. The summed E-state index contributed by atoms with van der Waals surface area (Å²) >= 11 is 5.69. The lowest BCUT2D eigenvalue weighted by Gasteiger charge is -2.65. The Hall–Kier alpha value is -0.0100. The fraction of sp³-hybridized carbons (Fsp3) is 0.875. The molecule has 4 aliphatic rings. The Morgan fingerprint density at radius 2 is 1.72 bits per heavy atom. The monoisotopic (exact) mass is 267 g/mol. The highest BCUT2D eigenvalue weighted by molar-refractivity contribution is 6.18. The first-order valence-corrected chi connectivity index (χ1v) is 7.96. The zero-order chi connectivity index (χ0) is 12.9. The van der Waals surface area contributed by atoms with Gasteiger partial charge in [0, 0.05) is 18.0 Å². The van der Waals surface area contributed by atoms with Crippen LogP contribution in [0.25, 0.3) is 0 Å². The molecule has 18 heavy (non-hydrogen) atoms.